The standard InChI is InChI=1S/C23H20F3N3O3S/c24-19-9-7-17(15-21(19)26)27-23(30)16-6-8-20(25)22(14-16)33(31,32)29-12-10-28(11-13-29)18-4-2-1-3-5-18/h1-9,14-15H,10-13H2,(H,27,30). The lowest BCUT2D eigenvalue weighted by Crippen LogP contribution is -2.48. The number of nitrogens with zero attached hydrogens (tertiary/aromatic N) is 2. The molecule has 4 rings (SSSR count). The summed E-state index contributed by atoms with van der Waals surface area (Å²) in [5, 5.41) is 2.34. The van der Waals surface area contributed by atoms with E-state index in [0.717, 1.165) is 42.1 Å². The smallest absolute Gasteiger partial charge is 0.255 e. The van der Waals surface area contributed by atoms with Crippen LogP contribution in [0.15, 0.2) is 71.6 Å². The Morgan fingerprint density at radius 1 is 0.788 bits per heavy atom. The van der Waals surface area contributed by atoms with E-state index in [-0.39, 0.29) is 24.3 Å². The molecule has 6 nitrogen and oxygen atoms in total. The van der Waals surface area contributed by atoms with Crippen LogP contribution in [0.25, 0.3) is 0 Å². The SMILES string of the molecule is O=C(Nc1ccc(F)c(F)c1)c1ccc(F)c(S(=O)(=O)N2CCN(c3ccccc3)CC2)c1. The summed E-state index contributed by atoms with van der Waals surface area (Å²) in [5.74, 6) is -3.99. The number of carbonyl (C=O) groups excluding carboxylic acids is 1. The van der Waals surface area contributed by atoms with Crippen molar-refractivity contribution in [1.29, 1.82) is 0 Å². The highest BCUT2D eigenvalue weighted by Crippen LogP contribution is 2.24. The predicted molar refractivity (Wildman–Crippen MR) is 118 cm³/mol. The summed E-state index contributed by atoms with van der Waals surface area (Å²) < 4.78 is 68.4. The third-order valence-corrected chi connectivity index (χ3v) is 7.26. The largest absolute Gasteiger partial charge is 0.369 e. The second kappa shape index (κ2) is 9.24. The number of carbonyl (C=O) groups is 1. The monoisotopic (exact) mass is 475 g/mol. The molecule has 0 bridgehead atoms. The van der Waals surface area contributed by atoms with Gasteiger partial charge in [0.25, 0.3) is 5.91 Å². The average molecular weight is 475 g/mol. The minimum Gasteiger partial charge on any atom is -0.369 e. The maximum atomic E-state index is 14.5. The normalized spacial score (nSPS) is 14.8. The highest BCUT2D eigenvalue weighted by atomic mass is 32.2. The Hall–Kier alpha value is -3.37. The first-order chi connectivity index (χ1) is 15.8. The number of piperazine rings is 1. The molecule has 3 aromatic rings. The summed E-state index contributed by atoms with van der Waals surface area (Å²) in [7, 11) is -4.20. The number of anilines is 2. The fourth-order valence-corrected chi connectivity index (χ4v) is 5.10. The number of benzene rings is 3. The van der Waals surface area contributed by atoms with E-state index >= 15 is 0 Å². The lowest BCUT2D eigenvalue weighted by molar-refractivity contribution is 0.102. The van der Waals surface area contributed by atoms with Crippen molar-refractivity contribution in [3.05, 3.63) is 89.7 Å². The molecule has 1 heterocycles. The van der Waals surface area contributed by atoms with Crippen LogP contribution in [0.1, 0.15) is 10.4 Å². The minimum atomic E-state index is -4.20. The van der Waals surface area contributed by atoms with E-state index < -0.39 is 38.3 Å². The molecule has 0 spiro atoms. The number of hydrogen-bond donors (Lipinski definition) is 1. The molecule has 172 valence electrons. The van der Waals surface area contributed by atoms with E-state index in [0.29, 0.717) is 13.1 Å². The van der Waals surface area contributed by atoms with Gasteiger partial charge in [-0.1, -0.05) is 18.2 Å². The van der Waals surface area contributed by atoms with Crippen LogP contribution in [0.2, 0.25) is 0 Å². The van der Waals surface area contributed by atoms with E-state index in [1.807, 2.05) is 35.2 Å². The van der Waals surface area contributed by atoms with Gasteiger partial charge in [-0.3, -0.25) is 4.79 Å². The van der Waals surface area contributed by atoms with E-state index in [1.165, 1.54) is 4.31 Å². The summed E-state index contributed by atoms with van der Waals surface area (Å²) in [6.07, 6.45) is 0. The van der Waals surface area contributed by atoms with Gasteiger partial charge in [-0.25, -0.2) is 21.6 Å². The Morgan fingerprint density at radius 2 is 1.45 bits per heavy atom. The minimum absolute atomic E-state index is 0.0235. The van der Waals surface area contributed by atoms with E-state index in [9.17, 15) is 26.4 Å². The molecule has 1 aliphatic rings. The van der Waals surface area contributed by atoms with Gasteiger partial charge in [-0.15, -0.1) is 0 Å². The molecule has 1 amide bonds. The van der Waals surface area contributed by atoms with Gasteiger partial charge in [0.1, 0.15) is 10.7 Å². The molecular weight excluding hydrogens is 455 g/mol. The van der Waals surface area contributed by atoms with Crippen LogP contribution in [0.4, 0.5) is 24.5 Å². The van der Waals surface area contributed by atoms with Crippen LogP contribution in [0.5, 0.6) is 0 Å². The van der Waals surface area contributed by atoms with Crippen molar-refractivity contribution in [1.82, 2.24) is 4.31 Å². The molecule has 10 heteroatoms. The lowest BCUT2D eigenvalue weighted by Gasteiger charge is -2.35. The van der Waals surface area contributed by atoms with Crippen molar-refractivity contribution in [2.75, 3.05) is 36.4 Å². The quantitative estimate of drug-likeness (QED) is 0.609. The lowest BCUT2D eigenvalue weighted by atomic mass is 10.2. The molecule has 1 saturated heterocycles. The fraction of sp³-hybridized carbons (Fsp3) is 0.174. The Morgan fingerprint density at radius 3 is 2.12 bits per heavy atom. The average Bonchev–Trinajstić information content (AvgIpc) is 2.82. The Balaban J connectivity index is 1.51. The topological polar surface area (TPSA) is 69.7 Å². The maximum Gasteiger partial charge on any atom is 0.255 e. The zero-order chi connectivity index (χ0) is 23.6. The number of rotatable bonds is 5. The van der Waals surface area contributed by atoms with Gasteiger partial charge in [0, 0.05) is 49.2 Å². The summed E-state index contributed by atoms with van der Waals surface area (Å²) in [5.41, 5.74) is 0.809. The van der Waals surface area contributed by atoms with E-state index in [4.69, 9.17) is 0 Å². The summed E-state index contributed by atoms with van der Waals surface area (Å²) in [6.45, 7) is 1.17. The van der Waals surface area contributed by atoms with Crippen molar-refractivity contribution in [2.45, 2.75) is 4.90 Å². The number of hydrogen-bond acceptors (Lipinski definition) is 4. The molecule has 33 heavy (non-hydrogen) atoms. The molecule has 0 atom stereocenters. The molecular formula is C23H20F3N3O3S. The molecule has 1 N–H and O–H groups in total. The van der Waals surface area contributed by atoms with Crippen LogP contribution in [0, 0.1) is 17.5 Å². The summed E-state index contributed by atoms with van der Waals surface area (Å²) in [4.78, 5) is 13.9. The molecule has 1 fully saturated rings. The van der Waals surface area contributed by atoms with Gasteiger partial charge in [0.15, 0.2) is 11.6 Å². The first-order valence-corrected chi connectivity index (χ1v) is 11.6. The molecule has 0 aliphatic carbocycles. The predicted octanol–water partition coefficient (Wildman–Crippen LogP) is 3.87. The summed E-state index contributed by atoms with van der Waals surface area (Å²) in [6, 6.07) is 15.3. The van der Waals surface area contributed by atoms with Gasteiger partial charge in [0.2, 0.25) is 10.0 Å². The van der Waals surface area contributed by atoms with E-state index in [1.54, 1.807) is 0 Å². The second-order valence-corrected chi connectivity index (χ2v) is 9.36. The van der Waals surface area contributed by atoms with Crippen LogP contribution >= 0.6 is 0 Å². The number of sulfonamides is 1. The van der Waals surface area contributed by atoms with Gasteiger partial charge in [-0.05, 0) is 42.5 Å². The fourth-order valence-electron chi connectivity index (χ4n) is 3.58. The van der Waals surface area contributed by atoms with Crippen molar-refractivity contribution in [2.24, 2.45) is 0 Å². The van der Waals surface area contributed by atoms with Crippen LogP contribution in [-0.2, 0) is 10.0 Å². The molecule has 1 aliphatic heterocycles. The van der Waals surface area contributed by atoms with Crippen LogP contribution in [-0.4, -0.2) is 44.8 Å². The number of para-hydroxylation sites is 1. The highest BCUT2D eigenvalue weighted by Gasteiger charge is 2.31. The Bertz CT molecular complexity index is 1280. The summed E-state index contributed by atoms with van der Waals surface area (Å²) >= 11 is 0. The Kier molecular flexibility index (Phi) is 6.39. The first-order valence-electron chi connectivity index (χ1n) is 10.1. The van der Waals surface area contributed by atoms with Gasteiger partial charge in [0.05, 0.1) is 0 Å². The van der Waals surface area contributed by atoms with Crippen LogP contribution < -0.4 is 10.2 Å². The van der Waals surface area contributed by atoms with Crippen LogP contribution in [0.3, 0.4) is 0 Å². The van der Waals surface area contributed by atoms with Crippen molar-refractivity contribution in [3.63, 3.8) is 0 Å². The second-order valence-electron chi connectivity index (χ2n) is 7.45. The highest BCUT2D eigenvalue weighted by molar-refractivity contribution is 7.89. The number of nitrogens with one attached hydrogen (secondary N) is 1. The van der Waals surface area contributed by atoms with Crippen molar-refractivity contribution >= 4 is 27.3 Å². The maximum absolute atomic E-state index is 14.5. The van der Waals surface area contributed by atoms with Gasteiger partial charge in [-0.2, -0.15) is 4.31 Å². The Labute approximate surface area is 189 Å². The third kappa shape index (κ3) is 4.86. The van der Waals surface area contributed by atoms with Gasteiger partial charge >= 0.3 is 0 Å². The molecule has 0 unspecified atom stereocenters. The molecule has 0 radical (unpaired) electrons. The van der Waals surface area contributed by atoms with Crippen molar-refractivity contribution in [3.8, 4) is 0 Å². The number of amides is 1. The van der Waals surface area contributed by atoms with E-state index in [2.05, 4.69) is 5.32 Å². The zero-order valence-corrected chi connectivity index (χ0v) is 18.2. The molecule has 0 aromatic heterocycles. The van der Waals surface area contributed by atoms with Crippen molar-refractivity contribution < 1.29 is 26.4 Å². The first kappa shape index (κ1) is 22.8. The van der Waals surface area contributed by atoms with Gasteiger partial charge < -0.3 is 10.2 Å². The molecule has 0 saturated carbocycles. The zero-order valence-electron chi connectivity index (χ0n) is 17.3. The third-order valence-electron chi connectivity index (χ3n) is 5.35. The molecule has 3 aromatic carbocycles. The number of halogens is 3.